The van der Waals surface area contributed by atoms with Crippen LogP contribution in [0.15, 0.2) is 29.1 Å². The van der Waals surface area contributed by atoms with Crippen molar-refractivity contribution < 1.29 is 0 Å². The molecule has 0 atom stereocenters. The van der Waals surface area contributed by atoms with E-state index < -0.39 is 0 Å². The molecule has 0 aliphatic heterocycles. The number of anilines is 1. The summed E-state index contributed by atoms with van der Waals surface area (Å²) in [6, 6.07) is 8.31. The second kappa shape index (κ2) is 10.4. The lowest BCUT2D eigenvalue weighted by molar-refractivity contribution is 0.167. The highest BCUT2D eigenvalue weighted by Gasteiger charge is 2.32. The molecule has 194 valence electrons. The van der Waals surface area contributed by atoms with E-state index in [1.165, 1.54) is 44.9 Å². The van der Waals surface area contributed by atoms with Crippen LogP contribution < -0.4 is 10.9 Å². The monoisotopic (exact) mass is 489 g/mol. The molecule has 0 amide bonds. The lowest BCUT2D eigenvalue weighted by Gasteiger charge is -2.36. The van der Waals surface area contributed by atoms with Crippen LogP contribution in [-0.2, 0) is 6.42 Å². The van der Waals surface area contributed by atoms with Gasteiger partial charge in [0.15, 0.2) is 11.3 Å². The Morgan fingerprint density at radius 3 is 2.33 bits per heavy atom. The van der Waals surface area contributed by atoms with Crippen LogP contribution in [0.4, 0.5) is 5.69 Å². The number of H-pyrrole nitrogens is 1. The molecule has 0 radical (unpaired) electrons. The van der Waals surface area contributed by atoms with Gasteiger partial charge < -0.3 is 10.3 Å². The van der Waals surface area contributed by atoms with E-state index >= 15 is 0 Å². The highest BCUT2D eigenvalue weighted by molar-refractivity contribution is 5.61. The van der Waals surface area contributed by atoms with Crippen molar-refractivity contribution in [2.24, 2.45) is 17.3 Å². The molecule has 2 heterocycles. The van der Waals surface area contributed by atoms with Crippen LogP contribution in [0, 0.1) is 17.3 Å². The second-order valence-corrected chi connectivity index (χ2v) is 12.2. The quantitative estimate of drug-likeness (QED) is 0.392. The van der Waals surface area contributed by atoms with E-state index in [1.54, 1.807) is 0 Å². The maximum absolute atomic E-state index is 13.2. The first kappa shape index (κ1) is 25.0. The zero-order valence-corrected chi connectivity index (χ0v) is 22.6. The molecule has 1 aromatic carbocycles. The van der Waals surface area contributed by atoms with E-state index in [1.807, 2.05) is 4.52 Å². The molecule has 2 N–H and O–H groups in total. The summed E-state index contributed by atoms with van der Waals surface area (Å²) in [6.07, 6.45) is 12.1. The van der Waals surface area contributed by atoms with Gasteiger partial charge in [-0.2, -0.15) is 0 Å². The van der Waals surface area contributed by atoms with Crippen molar-refractivity contribution in [2.75, 3.05) is 11.9 Å². The smallest absolute Gasteiger partial charge is 0.277 e. The highest BCUT2D eigenvalue weighted by atomic mass is 16.1. The molecule has 5 rings (SSSR count). The molecule has 0 spiro atoms. The number of imidazole rings is 1. The van der Waals surface area contributed by atoms with E-state index in [0.717, 1.165) is 60.4 Å². The van der Waals surface area contributed by atoms with Gasteiger partial charge in [0, 0.05) is 23.7 Å². The van der Waals surface area contributed by atoms with Gasteiger partial charge in [-0.25, -0.2) is 9.50 Å². The van der Waals surface area contributed by atoms with Crippen LogP contribution in [-0.4, -0.2) is 26.1 Å². The maximum Gasteiger partial charge on any atom is 0.277 e. The van der Waals surface area contributed by atoms with Crippen molar-refractivity contribution in [3.05, 3.63) is 46.1 Å². The maximum atomic E-state index is 13.2. The number of aryl methyl sites for hydroxylation is 1. The number of hydrogen-bond donors (Lipinski definition) is 2. The summed E-state index contributed by atoms with van der Waals surface area (Å²) in [4.78, 5) is 21.2. The molecule has 2 fully saturated rings. The molecule has 0 saturated heterocycles. The molecular weight excluding hydrogens is 446 g/mol. The van der Waals surface area contributed by atoms with Gasteiger partial charge >= 0.3 is 0 Å². The lowest BCUT2D eigenvalue weighted by atomic mass is 9.70. The average Bonchev–Trinajstić information content (AvgIpc) is 3.27. The molecule has 36 heavy (non-hydrogen) atoms. The van der Waals surface area contributed by atoms with E-state index in [9.17, 15) is 4.79 Å². The van der Waals surface area contributed by atoms with Gasteiger partial charge in [0.25, 0.3) is 5.56 Å². The summed E-state index contributed by atoms with van der Waals surface area (Å²) in [5.41, 5.74) is 3.75. The van der Waals surface area contributed by atoms with Crippen LogP contribution in [0.3, 0.4) is 0 Å². The van der Waals surface area contributed by atoms with Gasteiger partial charge in [-0.05, 0) is 86.5 Å². The summed E-state index contributed by atoms with van der Waals surface area (Å²) in [6.45, 7) is 10.2. The summed E-state index contributed by atoms with van der Waals surface area (Å²) < 4.78 is 1.87. The van der Waals surface area contributed by atoms with Crippen molar-refractivity contribution in [2.45, 2.75) is 97.8 Å². The first-order valence-corrected chi connectivity index (χ1v) is 14.2. The fourth-order valence-corrected chi connectivity index (χ4v) is 6.35. The standard InChI is InChI=1S/C30H43N5O/c1-5-25-26-29(36)33-27(21-13-17-24(18-14-21)31-19-20-9-7-6-8-10-20)34-35(26)28(32-25)22-11-15-23(16-12-22)30(2,3)4/h13-14,17-18,20,22-23,31H,5-12,15-16,19H2,1-4H3,(H,33,34,36). The number of nitrogens with one attached hydrogen (secondary N) is 2. The zero-order valence-electron chi connectivity index (χ0n) is 22.6. The van der Waals surface area contributed by atoms with Crippen LogP contribution in [0.2, 0.25) is 0 Å². The van der Waals surface area contributed by atoms with Gasteiger partial charge in [0.2, 0.25) is 0 Å². The SMILES string of the molecule is CCc1nc(C2CCC(C(C)(C)C)CC2)n2nc(-c3ccc(NCC4CCCCC4)cc3)[nH]c(=O)c12. The Morgan fingerprint density at radius 1 is 1.00 bits per heavy atom. The number of aromatic amines is 1. The molecule has 2 aliphatic rings. The minimum Gasteiger partial charge on any atom is -0.385 e. The predicted octanol–water partition coefficient (Wildman–Crippen LogP) is 6.96. The number of rotatable bonds is 6. The zero-order chi connectivity index (χ0) is 25.3. The lowest BCUT2D eigenvalue weighted by Crippen LogP contribution is -2.26. The van der Waals surface area contributed by atoms with Crippen LogP contribution in [0.5, 0.6) is 0 Å². The first-order chi connectivity index (χ1) is 17.3. The number of benzene rings is 1. The Kier molecular flexibility index (Phi) is 7.23. The molecule has 6 heteroatoms. The minimum absolute atomic E-state index is 0.0986. The molecule has 2 aliphatic carbocycles. The van der Waals surface area contributed by atoms with Gasteiger partial charge in [-0.3, -0.25) is 4.79 Å². The minimum atomic E-state index is -0.0986. The van der Waals surface area contributed by atoms with E-state index in [-0.39, 0.29) is 5.56 Å². The largest absolute Gasteiger partial charge is 0.385 e. The predicted molar refractivity (Wildman–Crippen MR) is 148 cm³/mol. The topological polar surface area (TPSA) is 75.1 Å². The van der Waals surface area contributed by atoms with Crippen molar-refractivity contribution >= 4 is 11.2 Å². The van der Waals surface area contributed by atoms with Crippen molar-refractivity contribution in [3.63, 3.8) is 0 Å². The molecule has 6 nitrogen and oxygen atoms in total. The fourth-order valence-electron chi connectivity index (χ4n) is 6.35. The number of hydrogen-bond acceptors (Lipinski definition) is 4. The second-order valence-electron chi connectivity index (χ2n) is 12.2. The number of aromatic nitrogens is 4. The Balaban J connectivity index is 1.38. The Labute approximate surface area is 215 Å². The molecule has 0 bridgehead atoms. The summed E-state index contributed by atoms with van der Waals surface area (Å²) in [7, 11) is 0. The molecule has 2 aromatic heterocycles. The van der Waals surface area contributed by atoms with Crippen LogP contribution in [0.1, 0.15) is 103 Å². The van der Waals surface area contributed by atoms with Crippen molar-refractivity contribution in [3.8, 4) is 11.4 Å². The fraction of sp³-hybridized carbons (Fsp3) is 0.633. The van der Waals surface area contributed by atoms with Gasteiger partial charge in [0.1, 0.15) is 5.82 Å². The third-order valence-corrected chi connectivity index (χ3v) is 8.73. The molecule has 0 unspecified atom stereocenters. The van der Waals surface area contributed by atoms with E-state index in [0.29, 0.717) is 22.7 Å². The normalized spacial score (nSPS) is 21.7. The summed E-state index contributed by atoms with van der Waals surface area (Å²) in [5, 5.41) is 8.55. The highest BCUT2D eigenvalue weighted by Crippen LogP contribution is 2.43. The molecule has 2 saturated carbocycles. The van der Waals surface area contributed by atoms with Gasteiger partial charge in [-0.15, -0.1) is 5.10 Å². The summed E-state index contributed by atoms with van der Waals surface area (Å²) >= 11 is 0. The van der Waals surface area contributed by atoms with Crippen molar-refractivity contribution in [1.82, 2.24) is 19.6 Å². The summed E-state index contributed by atoms with van der Waals surface area (Å²) in [5.74, 6) is 3.45. The number of nitrogens with zero attached hydrogens (tertiary/aromatic N) is 3. The van der Waals surface area contributed by atoms with Gasteiger partial charge in [0.05, 0.1) is 5.69 Å². The third kappa shape index (κ3) is 5.23. The average molecular weight is 490 g/mol. The molecular formula is C30H43N5O. The van der Waals surface area contributed by atoms with E-state index in [4.69, 9.17) is 10.1 Å². The van der Waals surface area contributed by atoms with E-state index in [2.05, 4.69) is 62.3 Å². The molecule has 3 aromatic rings. The Hall–Kier alpha value is -2.63. The van der Waals surface area contributed by atoms with Gasteiger partial charge in [-0.1, -0.05) is 47.0 Å². The van der Waals surface area contributed by atoms with Crippen LogP contribution >= 0.6 is 0 Å². The number of fused-ring (bicyclic) bond motifs is 1. The van der Waals surface area contributed by atoms with Crippen molar-refractivity contribution in [1.29, 1.82) is 0 Å². The Morgan fingerprint density at radius 2 is 1.69 bits per heavy atom. The first-order valence-electron chi connectivity index (χ1n) is 14.2. The van der Waals surface area contributed by atoms with Crippen LogP contribution in [0.25, 0.3) is 16.9 Å². The Bertz CT molecular complexity index is 1220. The third-order valence-electron chi connectivity index (χ3n) is 8.73.